The highest BCUT2D eigenvalue weighted by Crippen LogP contribution is 2.30. The molecular weight excluding hydrogens is 1160 g/mol. The molecule has 0 saturated carbocycles. The molecule has 9 N–H and O–H groups in total. The van der Waals surface area contributed by atoms with E-state index in [1.165, 1.54) is 186 Å². The predicted molar refractivity (Wildman–Crippen MR) is 378 cm³/mol. The third-order valence-corrected chi connectivity index (χ3v) is 17.8. The summed E-state index contributed by atoms with van der Waals surface area (Å²) in [4.78, 5) is 13.4. The molecule has 1 amide bonds. The molecule has 2 heterocycles. The Bertz CT molecular complexity index is 1920. The second-order valence-corrected chi connectivity index (χ2v) is 26.0. The molecule has 0 bridgehead atoms. The molecule has 2 rings (SSSR count). The number of carbonyl (C=O) groups excluding carboxylic acids is 1. The van der Waals surface area contributed by atoms with Crippen LogP contribution in [0.1, 0.15) is 296 Å². The van der Waals surface area contributed by atoms with Gasteiger partial charge < -0.3 is 65.1 Å². The van der Waals surface area contributed by atoms with Gasteiger partial charge in [0.15, 0.2) is 12.6 Å². The molecule has 14 heteroatoms. The van der Waals surface area contributed by atoms with Crippen LogP contribution in [0, 0.1) is 0 Å². The highest BCUT2D eigenvalue weighted by atomic mass is 16.7. The fourth-order valence-corrected chi connectivity index (χ4v) is 11.9. The largest absolute Gasteiger partial charge is 0.394 e. The second-order valence-electron chi connectivity index (χ2n) is 26.0. The van der Waals surface area contributed by atoms with E-state index in [1.807, 2.05) is 6.08 Å². The molecule has 2 aliphatic rings. The summed E-state index contributed by atoms with van der Waals surface area (Å²) in [6.07, 6.45) is 70.4. The van der Waals surface area contributed by atoms with Gasteiger partial charge in [0, 0.05) is 6.42 Å². The van der Waals surface area contributed by atoms with Crippen LogP contribution in [-0.4, -0.2) is 140 Å². The van der Waals surface area contributed by atoms with E-state index in [4.69, 9.17) is 18.9 Å². The molecule has 0 spiro atoms. The summed E-state index contributed by atoms with van der Waals surface area (Å²) in [6, 6.07) is -0.919. The van der Waals surface area contributed by atoms with Gasteiger partial charge in [-0.05, 0) is 77.0 Å². The van der Waals surface area contributed by atoms with Crippen molar-refractivity contribution in [3.63, 3.8) is 0 Å². The summed E-state index contributed by atoms with van der Waals surface area (Å²) in [7, 11) is 0. The van der Waals surface area contributed by atoms with Crippen LogP contribution < -0.4 is 5.32 Å². The fourth-order valence-electron chi connectivity index (χ4n) is 11.9. The topological polar surface area (TPSA) is 228 Å². The molecule has 2 aliphatic heterocycles. The number of hydrogen-bond acceptors (Lipinski definition) is 13. The van der Waals surface area contributed by atoms with E-state index in [2.05, 4.69) is 104 Å². The van der Waals surface area contributed by atoms with E-state index in [9.17, 15) is 45.6 Å². The number of nitrogens with one attached hydrogen (secondary N) is 1. The maximum atomic E-state index is 13.4. The van der Waals surface area contributed by atoms with Crippen molar-refractivity contribution in [1.82, 2.24) is 5.32 Å². The van der Waals surface area contributed by atoms with Gasteiger partial charge in [-0.1, -0.05) is 310 Å². The quantitative estimate of drug-likeness (QED) is 0.0204. The van der Waals surface area contributed by atoms with Crippen molar-refractivity contribution in [2.24, 2.45) is 0 Å². The van der Waals surface area contributed by atoms with Gasteiger partial charge >= 0.3 is 0 Å². The van der Waals surface area contributed by atoms with Gasteiger partial charge in [-0.2, -0.15) is 0 Å². The third-order valence-electron chi connectivity index (χ3n) is 17.8. The number of hydrogen-bond donors (Lipinski definition) is 9. The molecule has 14 nitrogen and oxygen atoms in total. The van der Waals surface area contributed by atoms with Crippen LogP contribution in [0.5, 0.6) is 0 Å². The van der Waals surface area contributed by atoms with Gasteiger partial charge in [-0.15, -0.1) is 0 Å². The van der Waals surface area contributed by atoms with Gasteiger partial charge in [0.25, 0.3) is 0 Å². The van der Waals surface area contributed by atoms with Gasteiger partial charge in [-0.3, -0.25) is 4.79 Å². The van der Waals surface area contributed by atoms with Crippen LogP contribution in [0.2, 0.25) is 0 Å². The lowest BCUT2D eigenvalue weighted by Crippen LogP contribution is -2.65. The van der Waals surface area contributed by atoms with Gasteiger partial charge in [-0.25, -0.2) is 0 Å². The Labute approximate surface area is 560 Å². The highest BCUT2D eigenvalue weighted by Gasteiger charge is 2.51. The number of amides is 1. The Balaban J connectivity index is 1.60. The number of carbonyl (C=O) groups is 1. The van der Waals surface area contributed by atoms with Crippen molar-refractivity contribution in [3.8, 4) is 0 Å². The molecule has 0 aromatic rings. The van der Waals surface area contributed by atoms with Crippen LogP contribution in [0.25, 0.3) is 0 Å². The van der Waals surface area contributed by atoms with Crippen molar-refractivity contribution in [2.75, 3.05) is 19.8 Å². The number of ether oxygens (including phenoxy) is 4. The lowest BCUT2D eigenvalue weighted by atomic mass is 9.97. The van der Waals surface area contributed by atoms with Crippen molar-refractivity contribution < 1.29 is 64.6 Å². The first kappa shape index (κ1) is 85.0. The second kappa shape index (κ2) is 61.5. The van der Waals surface area contributed by atoms with E-state index in [0.717, 1.165) is 83.5 Å². The lowest BCUT2D eigenvalue weighted by molar-refractivity contribution is -0.359. The van der Waals surface area contributed by atoms with E-state index < -0.39 is 86.8 Å². The Kier molecular flexibility index (Phi) is 56.8. The van der Waals surface area contributed by atoms with Crippen molar-refractivity contribution in [1.29, 1.82) is 0 Å². The number of aliphatic hydroxyl groups is 8. The number of rotatable bonds is 61. The molecule has 0 aromatic carbocycles. The summed E-state index contributed by atoms with van der Waals surface area (Å²) in [6.45, 7) is 2.71. The maximum absolute atomic E-state index is 13.4. The Morgan fingerprint density at radius 3 is 1.15 bits per heavy atom. The van der Waals surface area contributed by atoms with E-state index in [-0.39, 0.29) is 18.9 Å². The number of allylic oxidation sites excluding steroid dienone is 15. The normalized spacial score (nSPS) is 23.2. The van der Waals surface area contributed by atoms with E-state index in [1.54, 1.807) is 6.08 Å². The summed E-state index contributed by atoms with van der Waals surface area (Å²) < 4.78 is 22.9. The minimum absolute atomic E-state index is 0.238. The molecular formula is C78H137NO13. The molecule has 92 heavy (non-hydrogen) atoms. The summed E-state index contributed by atoms with van der Waals surface area (Å²) in [5.41, 5.74) is 0. The average molecular weight is 1300 g/mol. The van der Waals surface area contributed by atoms with Crippen LogP contribution in [0.4, 0.5) is 0 Å². The molecule has 532 valence electrons. The SMILES string of the molecule is CC/C=C\C/C=C\C/C=C\C/C=C\C/C=C\C/C=C\C/C=C\CCCCCCCCCCCCCCCCCCCC(=O)NC(COC1OC(CO)C(OC2OC(CO)C(O)C(O)C2O)C(O)C1O)C(O)/C=C/CCCCCCCCCCCCCCCCCCC. The van der Waals surface area contributed by atoms with Crippen LogP contribution >= 0.6 is 0 Å². The first-order valence-electron chi connectivity index (χ1n) is 37.5. The molecule has 2 fully saturated rings. The Morgan fingerprint density at radius 2 is 0.750 bits per heavy atom. The number of aliphatic hydroxyl groups excluding tert-OH is 8. The van der Waals surface area contributed by atoms with Crippen molar-refractivity contribution >= 4 is 5.91 Å². The highest BCUT2D eigenvalue weighted by molar-refractivity contribution is 5.76. The van der Waals surface area contributed by atoms with Crippen molar-refractivity contribution in [2.45, 2.75) is 370 Å². The maximum Gasteiger partial charge on any atom is 0.220 e. The predicted octanol–water partition coefficient (Wildman–Crippen LogP) is 16.1. The lowest BCUT2D eigenvalue weighted by Gasteiger charge is -2.46. The Morgan fingerprint density at radius 1 is 0.402 bits per heavy atom. The average Bonchev–Trinajstić information content (AvgIpc) is 1.05. The number of unbranched alkanes of at least 4 members (excludes halogenated alkanes) is 34. The summed E-state index contributed by atoms with van der Waals surface area (Å²) >= 11 is 0. The molecule has 0 aliphatic carbocycles. The van der Waals surface area contributed by atoms with Gasteiger partial charge in [0.2, 0.25) is 5.91 Å². The summed E-state index contributed by atoms with van der Waals surface area (Å²) in [5.74, 6) is -0.238. The summed E-state index contributed by atoms with van der Waals surface area (Å²) in [5, 5.41) is 87.5. The van der Waals surface area contributed by atoms with Crippen LogP contribution in [0.15, 0.2) is 97.2 Å². The monoisotopic (exact) mass is 1300 g/mol. The fraction of sp³-hybridized carbons (Fsp3) is 0.782. The van der Waals surface area contributed by atoms with Crippen LogP contribution in [-0.2, 0) is 23.7 Å². The minimum Gasteiger partial charge on any atom is -0.394 e. The first-order valence-corrected chi connectivity index (χ1v) is 37.5. The van der Waals surface area contributed by atoms with Crippen LogP contribution in [0.3, 0.4) is 0 Å². The molecule has 0 radical (unpaired) electrons. The zero-order valence-electron chi connectivity index (χ0n) is 58.0. The standard InChI is InChI=1S/C78H137NO13/c1-3-5-7-9-11-13-15-17-19-21-23-24-25-26-27-28-29-30-31-32-33-34-35-36-37-38-39-40-41-42-44-46-48-50-52-54-56-58-60-62-70(83)79-66(67(82)61-59-57-55-53-51-49-47-45-43-22-20-18-16-14-12-10-8-6-4-2)65-89-77-75(88)73(86)76(69(64-81)91-77)92-78-74(87)72(85)71(84)68(63-80)90-78/h5,7,11,13,17,19,23-24,26-27,29-30,32-33,59,61,66-69,71-78,80-82,84-88H,3-4,6,8-10,12,14-16,18,20-22,25,28,31,34-58,60,62-65H2,1-2H3,(H,79,83)/b7-5-,13-11-,19-17-,24-23-,27-26-,30-29-,33-32-,61-59+. The molecule has 12 atom stereocenters. The third kappa shape index (κ3) is 44.6. The molecule has 2 saturated heterocycles. The molecule has 12 unspecified atom stereocenters. The Hall–Kier alpha value is -3.09. The van der Waals surface area contributed by atoms with Gasteiger partial charge in [0.05, 0.1) is 32.0 Å². The minimum atomic E-state index is -1.79. The van der Waals surface area contributed by atoms with Gasteiger partial charge in [0.1, 0.15) is 48.8 Å². The zero-order chi connectivity index (χ0) is 66.6. The van der Waals surface area contributed by atoms with E-state index in [0.29, 0.717) is 6.42 Å². The molecule has 0 aromatic heterocycles. The smallest absolute Gasteiger partial charge is 0.220 e. The van der Waals surface area contributed by atoms with E-state index >= 15 is 0 Å². The first-order chi connectivity index (χ1) is 45.1. The van der Waals surface area contributed by atoms with Crippen molar-refractivity contribution in [3.05, 3.63) is 97.2 Å². The zero-order valence-corrected chi connectivity index (χ0v) is 58.0.